The number of nitrogens with zero attached hydrogens (tertiary/aromatic N) is 4. The summed E-state index contributed by atoms with van der Waals surface area (Å²) in [4.78, 5) is 28.0. The van der Waals surface area contributed by atoms with Crippen LogP contribution in [-0.2, 0) is 21.4 Å². The number of benzene rings is 2. The molecule has 2 atom stereocenters. The molecular weight excluding hydrogens is 535 g/mol. The molecule has 11 nitrogen and oxygen atoms in total. The second kappa shape index (κ2) is 12.1. The molecule has 0 unspecified atom stereocenters. The van der Waals surface area contributed by atoms with Crippen LogP contribution in [0.5, 0.6) is 0 Å². The van der Waals surface area contributed by atoms with Crippen molar-refractivity contribution >= 4 is 33.8 Å². The van der Waals surface area contributed by atoms with Crippen LogP contribution in [0.4, 0.5) is 22.2 Å². The van der Waals surface area contributed by atoms with E-state index in [0.717, 1.165) is 24.5 Å². The number of aryl methyl sites for hydroxylation is 1. The zero-order valence-electron chi connectivity index (χ0n) is 22.2. The van der Waals surface area contributed by atoms with Gasteiger partial charge in [0.15, 0.2) is 0 Å². The fourth-order valence-corrected chi connectivity index (χ4v) is 6.00. The fourth-order valence-electron chi connectivity index (χ4n) is 4.73. The number of nitrogens with one attached hydrogen (secondary N) is 4. The molecule has 13 heteroatoms. The van der Waals surface area contributed by atoms with Crippen LogP contribution in [0.2, 0.25) is 0 Å². The molecule has 212 valence electrons. The summed E-state index contributed by atoms with van der Waals surface area (Å²) in [5.41, 5.74) is 1.42. The van der Waals surface area contributed by atoms with Crippen molar-refractivity contribution in [1.82, 2.24) is 25.0 Å². The first-order valence-electron chi connectivity index (χ1n) is 13.4. The van der Waals surface area contributed by atoms with Crippen molar-refractivity contribution in [3.05, 3.63) is 65.5 Å². The number of aromatic nitrogens is 3. The summed E-state index contributed by atoms with van der Waals surface area (Å²) in [5, 5.41) is 9.30. The third-order valence-electron chi connectivity index (χ3n) is 7.00. The molecule has 1 amide bonds. The minimum absolute atomic E-state index is 0.0959. The molecule has 0 aliphatic carbocycles. The lowest BCUT2D eigenvalue weighted by Gasteiger charge is -2.20. The first-order valence-corrected chi connectivity index (χ1v) is 14.9. The SMILES string of the molecule is Cc1ccc(S(=O)(=O)N[C@@H]2CCN(c3nc(NCc4ccccc4)nc(N[C@H]4CCCCNC4=O)n3)C2)cc1F. The molecule has 40 heavy (non-hydrogen) atoms. The number of carbonyl (C=O) groups excluding carboxylic acids is 1. The molecule has 0 saturated carbocycles. The molecule has 3 heterocycles. The van der Waals surface area contributed by atoms with Gasteiger partial charge in [-0.25, -0.2) is 17.5 Å². The highest BCUT2D eigenvalue weighted by atomic mass is 32.2. The zero-order valence-corrected chi connectivity index (χ0v) is 23.0. The maximum Gasteiger partial charge on any atom is 0.242 e. The molecule has 0 radical (unpaired) electrons. The van der Waals surface area contributed by atoms with E-state index in [4.69, 9.17) is 0 Å². The Morgan fingerprint density at radius 2 is 1.85 bits per heavy atom. The number of carbonyl (C=O) groups is 1. The van der Waals surface area contributed by atoms with E-state index < -0.39 is 27.9 Å². The lowest BCUT2D eigenvalue weighted by Crippen LogP contribution is -2.39. The monoisotopic (exact) mass is 568 g/mol. The first-order chi connectivity index (χ1) is 19.3. The van der Waals surface area contributed by atoms with Crippen LogP contribution in [0.3, 0.4) is 0 Å². The second-order valence-electron chi connectivity index (χ2n) is 10.1. The van der Waals surface area contributed by atoms with Gasteiger partial charge in [-0.2, -0.15) is 15.0 Å². The number of hydrogen-bond donors (Lipinski definition) is 4. The van der Waals surface area contributed by atoms with Gasteiger partial charge in [0.25, 0.3) is 0 Å². The van der Waals surface area contributed by atoms with Crippen molar-refractivity contribution < 1.29 is 17.6 Å². The highest BCUT2D eigenvalue weighted by Crippen LogP contribution is 2.22. The molecule has 0 bridgehead atoms. The van der Waals surface area contributed by atoms with E-state index >= 15 is 0 Å². The van der Waals surface area contributed by atoms with Gasteiger partial charge in [-0.05, 0) is 55.9 Å². The van der Waals surface area contributed by atoms with Crippen LogP contribution >= 0.6 is 0 Å². The average molecular weight is 569 g/mol. The number of amides is 1. The molecule has 2 aliphatic rings. The van der Waals surface area contributed by atoms with E-state index in [1.54, 1.807) is 6.92 Å². The molecule has 2 saturated heterocycles. The quantitative estimate of drug-likeness (QED) is 0.306. The van der Waals surface area contributed by atoms with Crippen molar-refractivity contribution in [2.45, 2.75) is 56.1 Å². The van der Waals surface area contributed by atoms with Gasteiger partial charge in [0, 0.05) is 32.2 Å². The van der Waals surface area contributed by atoms with Gasteiger partial charge in [0.05, 0.1) is 4.90 Å². The molecular formula is C27H33FN8O3S. The Hall–Kier alpha value is -3.84. The van der Waals surface area contributed by atoms with Crippen LogP contribution in [0, 0.1) is 12.7 Å². The van der Waals surface area contributed by atoms with Gasteiger partial charge >= 0.3 is 0 Å². The summed E-state index contributed by atoms with van der Waals surface area (Å²) in [6.45, 7) is 3.53. The number of anilines is 3. The number of hydrogen-bond acceptors (Lipinski definition) is 9. The highest BCUT2D eigenvalue weighted by molar-refractivity contribution is 7.89. The van der Waals surface area contributed by atoms with E-state index in [0.29, 0.717) is 56.5 Å². The summed E-state index contributed by atoms with van der Waals surface area (Å²) in [5.74, 6) is 0.303. The molecule has 1 aromatic heterocycles. The summed E-state index contributed by atoms with van der Waals surface area (Å²) in [7, 11) is -3.91. The zero-order chi connectivity index (χ0) is 28.1. The van der Waals surface area contributed by atoms with Gasteiger partial charge in [-0.15, -0.1) is 0 Å². The van der Waals surface area contributed by atoms with Gasteiger partial charge < -0.3 is 20.9 Å². The number of sulfonamides is 1. The van der Waals surface area contributed by atoms with Crippen molar-refractivity contribution in [1.29, 1.82) is 0 Å². The molecule has 5 rings (SSSR count). The largest absolute Gasteiger partial charge is 0.354 e. The molecule has 0 spiro atoms. The Kier molecular flexibility index (Phi) is 8.40. The summed E-state index contributed by atoms with van der Waals surface area (Å²) >= 11 is 0. The summed E-state index contributed by atoms with van der Waals surface area (Å²) in [6, 6.07) is 12.8. The summed E-state index contributed by atoms with van der Waals surface area (Å²) < 4.78 is 42.5. The average Bonchev–Trinajstić information content (AvgIpc) is 3.31. The normalized spacial score (nSPS) is 19.6. The Morgan fingerprint density at radius 1 is 1.05 bits per heavy atom. The molecule has 2 aliphatic heterocycles. The Labute approximate surface area is 233 Å². The van der Waals surface area contributed by atoms with Gasteiger partial charge in [-0.3, -0.25) is 4.79 Å². The van der Waals surface area contributed by atoms with Gasteiger partial charge in [-0.1, -0.05) is 36.4 Å². The van der Waals surface area contributed by atoms with Crippen LogP contribution < -0.4 is 25.6 Å². The third kappa shape index (κ3) is 6.83. The summed E-state index contributed by atoms with van der Waals surface area (Å²) in [6.07, 6.45) is 2.98. The lowest BCUT2D eigenvalue weighted by molar-refractivity contribution is -0.121. The third-order valence-corrected chi connectivity index (χ3v) is 8.52. The van der Waals surface area contributed by atoms with Crippen molar-refractivity contribution in [3.8, 4) is 0 Å². The van der Waals surface area contributed by atoms with Gasteiger partial charge in [0.2, 0.25) is 33.8 Å². The van der Waals surface area contributed by atoms with Crippen LogP contribution in [0.15, 0.2) is 53.4 Å². The van der Waals surface area contributed by atoms with Crippen LogP contribution in [0.25, 0.3) is 0 Å². The van der Waals surface area contributed by atoms with Crippen molar-refractivity contribution in [2.24, 2.45) is 0 Å². The Bertz CT molecular complexity index is 1460. The predicted molar refractivity (Wildman–Crippen MR) is 150 cm³/mol. The number of rotatable bonds is 9. The van der Waals surface area contributed by atoms with Crippen LogP contribution in [0.1, 0.15) is 36.8 Å². The Balaban J connectivity index is 1.33. The molecule has 2 aromatic carbocycles. The minimum Gasteiger partial charge on any atom is -0.354 e. The van der Waals surface area contributed by atoms with E-state index in [1.807, 2.05) is 35.2 Å². The van der Waals surface area contributed by atoms with Gasteiger partial charge in [0.1, 0.15) is 11.9 Å². The fraction of sp³-hybridized carbons (Fsp3) is 0.407. The smallest absolute Gasteiger partial charge is 0.242 e. The maximum absolute atomic E-state index is 14.0. The second-order valence-corrected chi connectivity index (χ2v) is 11.8. The minimum atomic E-state index is -3.91. The lowest BCUT2D eigenvalue weighted by atomic mass is 10.1. The maximum atomic E-state index is 14.0. The standard InChI is InChI=1S/C27H33FN8O3S/c1-18-10-11-21(15-22(18)28)40(38,39)35-20-12-14-36(17-20)27-33-25(30-16-19-7-3-2-4-8-19)32-26(34-27)31-23-9-5-6-13-29-24(23)37/h2-4,7-8,10-11,15,20,23,35H,5-6,9,12-14,16-17H2,1H3,(H,29,37)(H2,30,31,32,33,34)/t20-,23+/m1/s1. The van der Waals surface area contributed by atoms with E-state index in [2.05, 4.69) is 35.6 Å². The van der Waals surface area contributed by atoms with Crippen molar-refractivity contribution in [3.63, 3.8) is 0 Å². The van der Waals surface area contributed by atoms with E-state index in [9.17, 15) is 17.6 Å². The molecule has 3 aromatic rings. The molecule has 4 N–H and O–H groups in total. The molecule has 2 fully saturated rings. The van der Waals surface area contributed by atoms with Crippen molar-refractivity contribution in [2.75, 3.05) is 35.2 Å². The highest BCUT2D eigenvalue weighted by Gasteiger charge is 2.30. The first kappa shape index (κ1) is 27.7. The van der Waals surface area contributed by atoms with E-state index in [1.165, 1.54) is 12.1 Å². The predicted octanol–water partition coefficient (Wildman–Crippen LogP) is 2.57. The Morgan fingerprint density at radius 3 is 2.65 bits per heavy atom. The van der Waals surface area contributed by atoms with Crippen LogP contribution in [-0.4, -0.2) is 61.0 Å². The van der Waals surface area contributed by atoms with E-state index in [-0.39, 0.29) is 16.8 Å². The topological polar surface area (TPSA) is 141 Å². The number of halogens is 1.